The van der Waals surface area contributed by atoms with Gasteiger partial charge in [-0.1, -0.05) is 0 Å². The van der Waals surface area contributed by atoms with Gasteiger partial charge >= 0.3 is 0 Å². The number of H-pyrrole nitrogens is 1. The molecule has 2 unspecified atom stereocenters. The molecule has 0 bridgehead atoms. The van der Waals surface area contributed by atoms with Gasteiger partial charge in [-0.25, -0.2) is 4.98 Å². The minimum absolute atomic E-state index is 0.0879. The number of nitrogens with one attached hydrogen (secondary N) is 1. The quantitative estimate of drug-likeness (QED) is 0.377. The van der Waals surface area contributed by atoms with Crippen LogP contribution in [0, 0.1) is 0 Å². The number of rotatable bonds is 5. The predicted octanol–water partition coefficient (Wildman–Crippen LogP) is -1.24. The van der Waals surface area contributed by atoms with E-state index in [9.17, 15) is 0 Å². The Kier molecular flexibility index (Phi) is 4.02. The first kappa shape index (κ1) is 11.1. The Morgan fingerprint density at radius 2 is 1.93 bits per heavy atom. The van der Waals surface area contributed by atoms with E-state index >= 15 is 0 Å². The lowest BCUT2D eigenvalue weighted by Crippen LogP contribution is -2.39. The van der Waals surface area contributed by atoms with Gasteiger partial charge in [-0.15, -0.1) is 0 Å². The molecule has 6 nitrogen and oxygen atoms in total. The van der Waals surface area contributed by atoms with Crippen molar-refractivity contribution >= 4 is 0 Å². The van der Waals surface area contributed by atoms with Gasteiger partial charge < -0.3 is 27.9 Å². The van der Waals surface area contributed by atoms with Crippen LogP contribution in [0.4, 0.5) is 0 Å². The summed E-state index contributed by atoms with van der Waals surface area (Å²) in [5.74, 6) is 0.742. The van der Waals surface area contributed by atoms with Crippen molar-refractivity contribution in [1.82, 2.24) is 9.97 Å². The lowest BCUT2D eigenvalue weighted by atomic mass is 10.0. The molecule has 1 aromatic rings. The highest BCUT2D eigenvalue weighted by Crippen LogP contribution is 2.11. The van der Waals surface area contributed by atoms with Crippen molar-refractivity contribution in [3.63, 3.8) is 0 Å². The molecule has 0 aliphatic carbocycles. The monoisotopic (exact) mass is 198 g/mol. The first-order valence-corrected chi connectivity index (χ1v) is 4.61. The fourth-order valence-corrected chi connectivity index (χ4v) is 1.36. The number of hydrogen-bond acceptors (Lipinski definition) is 5. The van der Waals surface area contributed by atoms with Gasteiger partial charge in [0.25, 0.3) is 0 Å². The first-order chi connectivity index (χ1) is 6.59. The van der Waals surface area contributed by atoms with Crippen molar-refractivity contribution in [2.45, 2.75) is 31.1 Å². The van der Waals surface area contributed by atoms with Crippen LogP contribution >= 0.6 is 0 Å². The number of hydrogen-bond donors (Lipinski definition) is 5. The Hall–Kier alpha value is -0.950. The molecule has 0 fully saturated rings. The molecule has 1 heterocycles. The molecule has 0 spiro atoms. The number of nitrogens with zero attached hydrogens (tertiary/aromatic N) is 1. The molecule has 0 amide bonds. The van der Waals surface area contributed by atoms with Crippen LogP contribution in [0.25, 0.3) is 0 Å². The Morgan fingerprint density at radius 3 is 2.43 bits per heavy atom. The van der Waals surface area contributed by atoms with Crippen molar-refractivity contribution in [2.75, 3.05) is 0 Å². The Labute approximate surface area is 83.0 Å². The molecule has 6 heteroatoms. The summed E-state index contributed by atoms with van der Waals surface area (Å²) in [5, 5.41) is 0. The molecule has 0 radical (unpaired) electrons. The lowest BCUT2D eigenvalue weighted by molar-refractivity contribution is 0.460. The van der Waals surface area contributed by atoms with Gasteiger partial charge in [0.2, 0.25) is 0 Å². The summed E-state index contributed by atoms with van der Waals surface area (Å²) in [4.78, 5) is 6.99. The van der Waals surface area contributed by atoms with Gasteiger partial charge in [0.1, 0.15) is 5.82 Å². The van der Waals surface area contributed by atoms with E-state index < -0.39 is 0 Å². The smallest absolute Gasteiger partial charge is 0.123 e. The van der Waals surface area contributed by atoms with E-state index in [1.807, 2.05) is 0 Å². The number of aromatic nitrogens is 2. The van der Waals surface area contributed by atoms with Crippen molar-refractivity contribution in [2.24, 2.45) is 22.9 Å². The molecular formula is C8H18N6. The largest absolute Gasteiger partial charge is 0.347 e. The molecule has 2 atom stereocenters. The SMILES string of the molecule is NC(N)CC(N)CC(N)c1ncc[nH]1. The average molecular weight is 198 g/mol. The zero-order chi connectivity index (χ0) is 10.6. The van der Waals surface area contributed by atoms with E-state index in [4.69, 9.17) is 22.9 Å². The fraction of sp³-hybridized carbons (Fsp3) is 0.625. The Balaban J connectivity index is 2.37. The normalized spacial score (nSPS) is 15.8. The number of imidazole rings is 1. The minimum atomic E-state index is -0.381. The molecule has 14 heavy (non-hydrogen) atoms. The Bertz CT molecular complexity index is 244. The molecule has 9 N–H and O–H groups in total. The predicted molar refractivity (Wildman–Crippen MR) is 54.9 cm³/mol. The topological polar surface area (TPSA) is 133 Å². The lowest BCUT2D eigenvalue weighted by Gasteiger charge is -2.17. The maximum Gasteiger partial charge on any atom is 0.123 e. The molecular weight excluding hydrogens is 180 g/mol. The summed E-state index contributed by atoms with van der Waals surface area (Å²) in [6, 6.07) is -0.270. The summed E-state index contributed by atoms with van der Waals surface area (Å²) in [7, 11) is 0. The second-order valence-corrected chi connectivity index (χ2v) is 3.48. The summed E-state index contributed by atoms with van der Waals surface area (Å²) in [5.41, 5.74) is 22.5. The third kappa shape index (κ3) is 3.43. The molecule has 0 saturated carbocycles. The zero-order valence-corrected chi connectivity index (χ0v) is 8.06. The molecule has 0 aliphatic rings. The van der Waals surface area contributed by atoms with Gasteiger partial charge in [-0.2, -0.15) is 0 Å². The van der Waals surface area contributed by atoms with E-state index in [1.165, 1.54) is 0 Å². The van der Waals surface area contributed by atoms with Crippen molar-refractivity contribution in [3.8, 4) is 0 Å². The van der Waals surface area contributed by atoms with Crippen LogP contribution < -0.4 is 22.9 Å². The highest BCUT2D eigenvalue weighted by Gasteiger charge is 2.14. The van der Waals surface area contributed by atoms with Gasteiger partial charge in [0.05, 0.1) is 12.2 Å². The van der Waals surface area contributed by atoms with Crippen LogP contribution in [-0.4, -0.2) is 22.2 Å². The van der Waals surface area contributed by atoms with Crippen molar-refractivity contribution in [1.29, 1.82) is 0 Å². The molecule has 80 valence electrons. The molecule has 0 aromatic carbocycles. The summed E-state index contributed by atoms with van der Waals surface area (Å²) >= 11 is 0. The van der Waals surface area contributed by atoms with Gasteiger partial charge in [0, 0.05) is 18.4 Å². The molecule has 1 rings (SSSR count). The second kappa shape index (κ2) is 5.06. The van der Waals surface area contributed by atoms with Crippen LogP contribution in [0.3, 0.4) is 0 Å². The summed E-state index contributed by atoms with van der Waals surface area (Å²) in [6.45, 7) is 0. The van der Waals surface area contributed by atoms with Crippen molar-refractivity contribution < 1.29 is 0 Å². The van der Waals surface area contributed by atoms with E-state index in [-0.39, 0.29) is 18.2 Å². The van der Waals surface area contributed by atoms with Crippen LogP contribution in [-0.2, 0) is 0 Å². The van der Waals surface area contributed by atoms with Gasteiger partial charge in [-0.05, 0) is 12.8 Å². The minimum Gasteiger partial charge on any atom is -0.347 e. The van der Waals surface area contributed by atoms with Crippen LogP contribution in [0.2, 0.25) is 0 Å². The third-order valence-corrected chi connectivity index (χ3v) is 2.00. The maximum atomic E-state index is 5.86. The molecule has 1 aromatic heterocycles. The van der Waals surface area contributed by atoms with E-state index in [0.717, 1.165) is 5.82 Å². The number of aromatic amines is 1. The number of nitrogens with two attached hydrogens (primary N) is 4. The molecule has 0 aliphatic heterocycles. The van der Waals surface area contributed by atoms with Gasteiger partial charge in [-0.3, -0.25) is 0 Å². The molecule has 0 saturated heterocycles. The van der Waals surface area contributed by atoms with Crippen molar-refractivity contribution in [3.05, 3.63) is 18.2 Å². The summed E-state index contributed by atoms with van der Waals surface area (Å²) in [6.07, 6.45) is 4.20. The van der Waals surface area contributed by atoms with E-state index in [1.54, 1.807) is 12.4 Å². The van der Waals surface area contributed by atoms with E-state index in [0.29, 0.717) is 12.8 Å². The van der Waals surface area contributed by atoms with E-state index in [2.05, 4.69) is 9.97 Å². The fourth-order valence-electron chi connectivity index (χ4n) is 1.36. The third-order valence-electron chi connectivity index (χ3n) is 2.00. The maximum absolute atomic E-state index is 5.86. The Morgan fingerprint density at radius 1 is 1.21 bits per heavy atom. The standard InChI is InChI=1S/C8H18N6/c9-5(4-7(11)12)3-6(10)8-13-1-2-14-8/h1-2,5-7H,3-4,9-12H2,(H,13,14). The highest BCUT2D eigenvalue weighted by molar-refractivity contribution is 4.95. The highest BCUT2D eigenvalue weighted by atomic mass is 14.9. The zero-order valence-electron chi connectivity index (χ0n) is 8.06. The summed E-state index contributed by atoms with van der Waals surface area (Å²) < 4.78 is 0. The first-order valence-electron chi connectivity index (χ1n) is 4.61. The average Bonchev–Trinajstić information content (AvgIpc) is 2.53. The van der Waals surface area contributed by atoms with Crippen LogP contribution in [0.15, 0.2) is 12.4 Å². The van der Waals surface area contributed by atoms with Crippen LogP contribution in [0.1, 0.15) is 24.7 Å². The van der Waals surface area contributed by atoms with Gasteiger partial charge in [0.15, 0.2) is 0 Å². The second-order valence-electron chi connectivity index (χ2n) is 3.48. The van der Waals surface area contributed by atoms with Crippen LogP contribution in [0.5, 0.6) is 0 Å².